The smallest absolute Gasteiger partial charge is 0.119 e. The molecule has 2 heteroatoms. The summed E-state index contributed by atoms with van der Waals surface area (Å²) >= 11 is 0. The van der Waals surface area contributed by atoms with Crippen molar-refractivity contribution in [1.29, 1.82) is 0 Å². The number of anilines is 1. The largest absolute Gasteiger partial charge is 0.497 e. The summed E-state index contributed by atoms with van der Waals surface area (Å²) in [6.07, 6.45) is 5.83. The molecule has 0 aromatic heterocycles. The average molecular weight is 291 g/mol. The first-order valence-electron chi connectivity index (χ1n) is 7.94. The van der Waals surface area contributed by atoms with Gasteiger partial charge in [-0.2, -0.15) is 0 Å². The zero-order chi connectivity index (χ0) is 15.1. The van der Waals surface area contributed by atoms with Gasteiger partial charge in [0, 0.05) is 11.6 Å². The average Bonchev–Trinajstić information content (AvgIpc) is 3.03. The molecular weight excluding hydrogens is 270 g/mol. The van der Waals surface area contributed by atoms with Gasteiger partial charge in [-0.3, -0.25) is 0 Å². The SMILES string of the molecule is COc1ccc2c(c1)C1C=CCC1C(c1cccc(C)c1)N2. The van der Waals surface area contributed by atoms with Crippen LogP contribution in [-0.2, 0) is 0 Å². The molecule has 2 aliphatic rings. The molecule has 0 spiro atoms. The number of fused-ring (bicyclic) bond motifs is 3. The fourth-order valence-corrected chi connectivity index (χ4v) is 3.89. The molecule has 2 aromatic carbocycles. The molecule has 0 fully saturated rings. The molecule has 22 heavy (non-hydrogen) atoms. The molecule has 3 atom stereocenters. The van der Waals surface area contributed by atoms with E-state index in [1.165, 1.54) is 22.4 Å². The van der Waals surface area contributed by atoms with Gasteiger partial charge in [0.25, 0.3) is 0 Å². The molecule has 0 radical (unpaired) electrons. The molecule has 0 bridgehead atoms. The molecule has 1 aliphatic carbocycles. The van der Waals surface area contributed by atoms with Gasteiger partial charge in [-0.05, 0) is 48.6 Å². The van der Waals surface area contributed by atoms with Gasteiger partial charge in [-0.25, -0.2) is 0 Å². The number of nitrogens with one attached hydrogen (secondary N) is 1. The zero-order valence-electron chi connectivity index (χ0n) is 13.0. The van der Waals surface area contributed by atoms with Crippen molar-refractivity contribution in [2.45, 2.75) is 25.3 Å². The minimum Gasteiger partial charge on any atom is -0.497 e. The molecule has 112 valence electrons. The van der Waals surface area contributed by atoms with Crippen LogP contribution >= 0.6 is 0 Å². The quantitative estimate of drug-likeness (QED) is 0.800. The predicted molar refractivity (Wildman–Crippen MR) is 90.5 cm³/mol. The van der Waals surface area contributed by atoms with Gasteiger partial charge in [-0.15, -0.1) is 0 Å². The van der Waals surface area contributed by atoms with E-state index >= 15 is 0 Å². The van der Waals surface area contributed by atoms with Crippen molar-refractivity contribution in [3.05, 3.63) is 71.3 Å². The fraction of sp³-hybridized carbons (Fsp3) is 0.300. The number of allylic oxidation sites excluding steroid dienone is 2. The molecule has 0 saturated carbocycles. The van der Waals surface area contributed by atoms with E-state index in [9.17, 15) is 0 Å². The first-order chi connectivity index (χ1) is 10.8. The summed E-state index contributed by atoms with van der Waals surface area (Å²) in [5.41, 5.74) is 5.31. The summed E-state index contributed by atoms with van der Waals surface area (Å²) in [4.78, 5) is 0. The van der Waals surface area contributed by atoms with E-state index in [1.807, 2.05) is 6.07 Å². The Morgan fingerprint density at radius 3 is 2.86 bits per heavy atom. The van der Waals surface area contributed by atoms with Crippen LogP contribution < -0.4 is 10.1 Å². The third-order valence-electron chi connectivity index (χ3n) is 4.97. The summed E-state index contributed by atoms with van der Waals surface area (Å²) in [7, 11) is 1.73. The number of methoxy groups -OCH3 is 1. The van der Waals surface area contributed by atoms with Crippen LogP contribution in [0.4, 0.5) is 5.69 Å². The van der Waals surface area contributed by atoms with E-state index in [0.717, 1.165) is 12.2 Å². The van der Waals surface area contributed by atoms with Gasteiger partial charge < -0.3 is 10.1 Å². The lowest BCUT2D eigenvalue weighted by atomic mass is 9.77. The number of rotatable bonds is 2. The van der Waals surface area contributed by atoms with Crippen molar-refractivity contribution in [3.8, 4) is 5.75 Å². The summed E-state index contributed by atoms with van der Waals surface area (Å²) < 4.78 is 5.40. The number of ether oxygens (including phenoxy) is 1. The highest BCUT2D eigenvalue weighted by atomic mass is 16.5. The van der Waals surface area contributed by atoms with Crippen LogP contribution in [0.2, 0.25) is 0 Å². The van der Waals surface area contributed by atoms with E-state index in [4.69, 9.17) is 4.74 Å². The molecule has 1 aliphatic heterocycles. The molecule has 0 saturated heterocycles. The summed E-state index contributed by atoms with van der Waals surface area (Å²) in [5.74, 6) is 2.01. The predicted octanol–water partition coefficient (Wildman–Crippen LogP) is 4.83. The number of benzene rings is 2. The third-order valence-corrected chi connectivity index (χ3v) is 4.97. The normalized spacial score (nSPS) is 25.3. The summed E-state index contributed by atoms with van der Waals surface area (Å²) in [5, 5.41) is 3.77. The Morgan fingerprint density at radius 2 is 2.05 bits per heavy atom. The van der Waals surface area contributed by atoms with Crippen molar-refractivity contribution in [3.63, 3.8) is 0 Å². The molecule has 3 unspecified atom stereocenters. The Bertz CT molecular complexity index is 734. The second kappa shape index (κ2) is 5.20. The van der Waals surface area contributed by atoms with Crippen molar-refractivity contribution >= 4 is 5.69 Å². The first kappa shape index (κ1) is 13.4. The third kappa shape index (κ3) is 2.10. The van der Waals surface area contributed by atoms with E-state index in [-0.39, 0.29) is 0 Å². The van der Waals surface area contributed by atoms with Gasteiger partial charge in [0.15, 0.2) is 0 Å². The molecule has 1 N–H and O–H groups in total. The lowest BCUT2D eigenvalue weighted by molar-refractivity contribution is 0.405. The standard InChI is InChI=1S/C20H21NO/c1-13-5-3-6-14(11-13)20-17-8-4-7-16(17)18-12-15(22-2)9-10-19(18)21-20/h3-7,9-12,16-17,20-21H,8H2,1-2H3. The van der Waals surface area contributed by atoms with Gasteiger partial charge in [0.1, 0.15) is 5.75 Å². The lowest BCUT2D eigenvalue weighted by Crippen LogP contribution is -2.29. The van der Waals surface area contributed by atoms with Crippen LogP contribution in [0, 0.1) is 12.8 Å². The van der Waals surface area contributed by atoms with Crippen molar-refractivity contribution < 1.29 is 4.74 Å². The fourth-order valence-electron chi connectivity index (χ4n) is 3.89. The van der Waals surface area contributed by atoms with Crippen LogP contribution in [0.15, 0.2) is 54.6 Å². The highest BCUT2D eigenvalue weighted by Gasteiger charge is 2.37. The van der Waals surface area contributed by atoms with Crippen molar-refractivity contribution in [1.82, 2.24) is 0 Å². The Labute approximate surface area is 131 Å². The van der Waals surface area contributed by atoms with Gasteiger partial charge >= 0.3 is 0 Å². The Kier molecular flexibility index (Phi) is 3.18. The van der Waals surface area contributed by atoms with Crippen molar-refractivity contribution in [2.75, 3.05) is 12.4 Å². The molecule has 1 heterocycles. The van der Waals surface area contributed by atoms with Gasteiger partial charge in [0.05, 0.1) is 13.2 Å². The number of hydrogen-bond donors (Lipinski definition) is 1. The molecular formula is C20H21NO. The Morgan fingerprint density at radius 1 is 1.14 bits per heavy atom. The highest BCUT2D eigenvalue weighted by molar-refractivity contribution is 5.61. The Hall–Kier alpha value is -2.22. The van der Waals surface area contributed by atoms with Crippen LogP contribution in [0.1, 0.15) is 35.1 Å². The second-order valence-corrected chi connectivity index (χ2v) is 6.34. The lowest BCUT2D eigenvalue weighted by Gasteiger charge is -2.37. The maximum atomic E-state index is 5.40. The maximum absolute atomic E-state index is 5.40. The monoisotopic (exact) mass is 291 g/mol. The van der Waals surface area contributed by atoms with Crippen LogP contribution in [0.5, 0.6) is 5.75 Å². The van der Waals surface area contributed by atoms with E-state index in [0.29, 0.717) is 17.9 Å². The molecule has 2 nitrogen and oxygen atoms in total. The first-order valence-corrected chi connectivity index (χ1v) is 7.94. The highest BCUT2D eigenvalue weighted by Crippen LogP contribution is 2.50. The minimum absolute atomic E-state index is 0.376. The van der Waals surface area contributed by atoms with Crippen molar-refractivity contribution in [2.24, 2.45) is 5.92 Å². The number of aryl methyl sites for hydroxylation is 1. The molecule has 2 aromatic rings. The second-order valence-electron chi connectivity index (χ2n) is 6.34. The molecule has 0 amide bonds. The number of hydrogen-bond acceptors (Lipinski definition) is 2. The van der Waals surface area contributed by atoms with Gasteiger partial charge in [0.2, 0.25) is 0 Å². The minimum atomic E-state index is 0.376. The van der Waals surface area contributed by atoms with E-state index in [1.54, 1.807) is 7.11 Å². The Balaban J connectivity index is 1.78. The maximum Gasteiger partial charge on any atom is 0.119 e. The van der Waals surface area contributed by atoms with Crippen LogP contribution in [0.25, 0.3) is 0 Å². The zero-order valence-corrected chi connectivity index (χ0v) is 13.0. The van der Waals surface area contributed by atoms with E-state index < -0.39 is 0 Å². The summed E-state index contributed by atoms with van der Waals surface area (Å²) in [6, 6.07) is 15.6. The van der Waals surface area contributed by atoms with Crippen LogP contribution in [-0.4, -0.2) is 7.11 Å². The summed E-state index contributed by atoms with van der Waals surface area (Å²) in [6.45, 7) is 2.16. The van der Waals surface area contributed by atoms with Gasteiger partial charge in [-0.1, -0.05) is 42.0 Å². The topological polar surface area (TPSA) is 21.3 Å². The van der Waals surface area contributed by atoms with Crippen LogP contribution in [0.3, 0.4) is 0 Å². The molecule has 4 rings (SSSR count). The van der Waals surface area contributed by atoms with E-state index in [2.05, 4.69) is 60.8 Å².